The molecular formula is C28H29N3O3. The summed E-state index contributed by atoms with van der Waals surface area (Å²) in [5.74, 6) is -0.958. The second kappa shape index (κ2) is 10.0. The predicted octanol–water partition coefficient (Wildman–Crippen LogP) is 4.81. The van der Waals surface area contributed by atoms with Crippen LogP contribution in [0.3, 0.4) is 0 Å². The van der Waals surface area contributed by atoms with Crippen LogP contribution >= 0.6 is 0 Å². The van der Waals surface area contributed by atoms with E-state index in [2.05, 4.69) is 10.3 Å². The number of anilines is 1. The molecule has 1 aliphatic carbocycles. The zero-order valence-corrected chi connectivity index (χ0v) is 19.5. The molecule has 6 heteroatoms. The number of pyridine rings is 1. The van der Waals surface area contributed by atoms with Gasteiger partial charge in [0.2, 0.25) is 5.91 Å². The molecule has 0 bridgehead atoms. The number of carbonyl (C=O) groups excluding carboxylic acids is 2. The number of nitrogens with one attached hydrogen (secondary N) is 1. The number of fused-ring (bicyclic) bond motifs is 1. The monoisotopic (exact) mass is 455 g/mol. The molecule has 6 nitrogen and oxygen atoms in total. The Morgan fingerprint density at radius 2 is 1.94 bits per heavy atom. The lowest BCUT2D eigenvalue weighted by molar-refractivity contribution is -0.118. The van der Waals surface area contributed by atoms with Gasteiger partial charge in [-0.1, -0.05) is 48.9 Å². The van der Waals surface area contributed by atoms with Crippen molar-refractivity contribution in [1.82, 2.24) is 4.98 Å². The molecule has 174 valence electrons. The van der Waals surface area contributed by atoms with E-state index in [4.69, 9.17) is 10.5 Å². The topological polar surface area (TPSA) is 94.3 Å². The summed E-state index contributed by atoms with van der Waals surface area (Å²) >= 11 is 0. The van der Waals surface area contributed by atoms with Crippen LogP contribution in [0.1, 0.15) is 29.3 Å². The number of aryl methyl sites for hydroxylation is 1. The second-order valence-electron chi connectivity index (χ2n) is 9.05. The number of hydrogen-bond donors (Lipinski definition) is 2. The third kappa shape index (κ3) is 5.41. The summed E-state index contributed by atoms with van der Waals surface area (Å²) in [5.41, 5.74) is 8.85. The van der Waals surface area contributed by atoms with Crippen molar-refractivity contribution in [2.24, 2.45) is 17.1 Å². The third-order valence-electron chi connectivity index (χ3n) is 6.17. The van der Waals surface area contributed by atoms with Crippen molar-refractivity contribution in [3.05, 3.63) is 95.9 Å². The van der Waals surface area contributed by atoms with Crippen LogP contribution in [0.25, 0.3) is 10.8 Å². The molecule has 0 saturated carbocycles. The van der Waals surface area contributed by atoms with Crippen molar-refractivity contribution in [2.45, 2.75) is 20.3 Å². The molecular weight excluding hydrogens is 426 g/mol. The first kappa shape index (κ1) is 23.4. The van der Waals surface area contributed by atoms with Crippen LogP contribution < -0.4 is 11.1 Å². The molecule has 2 unspecified atom stereocenters. The van der Waals surface area contributed by atoms with Gasteiger partial charge in [0.1, 0.15) is 6.61 Å². The largest absolute Gasteiger partial charge is 0.461 e. The third-order valence-corrected chi connectivity index (χ3v) is 6.17. The van der Waals surface area contributed by atoms with Gasteiger partial charge >= 0.3 is 5.97 Å². The molecule has 1 aliphatic rings. The van der Waals surface area contributed by atoms with Gasteiger partial charge in [0.05, 0.1) is 11.5 Å². The van der Waals surface area contributed by atoms with Gasteiger partial charge in [0.25, 0.3) is 0 Å². The molecule has 2 aromatic carbocycles. The number of hydrogen-bond acceptors (Lipinski definition) is 5. The SMILES string of the molecule is Cc1ccc(C(=O)OCC2(C)C=CC(C(CN)C(=O)Nc3ccc4cnccc4c3)=CC2)cc1. The van der Waals surface area contributed by atoms with Crippen LogP contribution in [0.15, 0.2) is 84.7 Å². The number of esters is 1. The second-order valence-corrected chi connectivity index (χ2v) is 9.05. The van der Waals surface area contributed by atoms with Gasteiger partial charge in [-0.2, -0.15) is 0 Å². The van der Waals surface area contributed by atoms with Crippen LogP contribution in [-0.4, -0.2) is 30.0 Å². The van der Waals surface area contributed by atoms with Crippen LogP contribution in [0, 0.1) is 18.3 Å². The molecule has 0 spiro atoms. The highest BCUT2D eigenvalue weighted by Crippen LogP contribution is 2.32. The maximum absolute atomic E-state index is 13.0. The number of aromatic nitrogens is 1. The number of nitrogens with two attached hydrogens (primary N) is 1. The highest BCUT2D eigenvalue weighted by molar-refractivity contribution is 5.97. The normalized spacial score (nSPS) is 18.3. The fourth-order valence-corrected chi connectivity index (χ4v) is 3.94. The van der Waals surface area contributed by atoms with E-state index in [1.54, 1.807) is 24.5 Å². The molecule has 4 rings (SSSR count). The average molecular weight is 456 g/mol. The van der Waals surface area contributed by atoms with Crippen LogP contribution in [0.5, 0.6) is 0 Å². The van der Waals surface area contributed by atoms with Crippen molar-refractivity contribution in [3.8, 4) is 0 Å². The van der Waals surface area contributed by atoms with Gasteiger partial charge in [-0.25, -0.2) is 4.79 Å². The first-order valence-electron chi connectivity index (χ1n) is 11.3. The Bertz CT molecular complexity index is 1260. The van der Waals surface area contributed by atoms with E-state index in [9.17, 15) is 9.59 Å². The molecule has 1 amide bonds. The smallest absolute Gasteiger partial charge is 0.338 e. The van der Waals surface area contributed by atoms with E-state index >= 15 is 0 Å². The molecule has 1 heterocycles. The van der Waals surface area contributed by atoms with Crippen LogP contribution in [-0.2, 0) is 9.53 Å². The van der Waals surface area contributed by atoms with Gasteiger partial charge in [-0.3, -0.25) is 9.78 Å². The molecule has 3 N–H and O–H groups in total. The van der Waals surface area contributed by atoms with Gasteiger partial charge in [-0.05, 0) is 54.6 Å². The average Bonchev–Trinajstić information content (AvgIpc) is 2.85. The van der Waals surface area contributed by atoms with Gasteiger partial charge < -0.3 is 15.8 Å². The van der Waals surface area contributed by atoms with Crippen LogP contribution in [0.2, 0.25) is 0 Å². The lowest BCUT2D eigenvalue weighted by Gasteiger charge is -2.29. The number of nitrogens with zero attached hydrogens (tertiary/aromatic N) is 1. The molecule has 0 aliphatic heterocycles. The highest BCUT2D eigenvalue weighted by atomic mass is 16.5. The Morgan fingerprint density at radius 3 is 2.65 bits per heavy atom. The molecule has 3 aromatic rings. The zero-order valence-electron chi connectivity index (χ0n) is 19.5. The summed E-state index contributed by atoms with van der Waals surface area (Å²) in [4.78, 5) is 29.5. The Kier molecular flexibility index (Phi) is 6.89. The predicted molar refractivity (Wildman–Crippen MR) is 134 cm³/mol. The number of rotatable bonds is 7. The summed E-state index contributed by atoms with van der Waals surface area (Å²) in [6.45, 7) is 4.45. The lowest BCUT2D eigenvalue weighted by atomic mass is 9.80. The molecule has 34 heavy (non-hydrogen) atoms. The number of allylic oxidation sites excluding steroid dienone is 2. The Morgan fingerprint density at radius 1 is 1.15 bits per heavy atom. The van der Waals surface area contributed by atoms with E-state index in [1.165, 1.54) is 0 Å². The molecule has 0 fully saturated rings. The summed E-state index contributed by atoms with van der Waals surface area (Å²) in [6.07, 6.45) is 10.1. The van der Waals surface area contributed by atoms with Crippen LogP contribution in [0.4, 0.5) is 5.69 Å². The van der Waals surface area contributed by atoms with Gasteiger partial charge in [-0.15, -0.1) is 0 Å². The van der Waals surface area contributed by atoms with E-state index in [-0.39, 0.29) is 30.4 Å². The first-order valence-corrected chi connectivity index (χ1v) is 11.3. The molecule has 2 atom stereocenters. The number of ether oxygens (including phenoxy) is 1. The van der Waals surface area contributed by atoms with Crippen molar-refractivity contribution in [2.75, 3.05) is 18.5 Å². The zero-order chi connectivity index (χ0) is 24.1. The quantitative estimate of drug-likeness (QED) is 0.499. The fourth-order valence-electron chi connectivity index (χ4n) is 3.94. The Balaban J connectivity index is 1.37. The van der Waals surface area contributed by atoms with E-state index in [1.807, 2.05) is 68.5 Å². The number of carbonyl (C=O) groups is 2. The Labute approximate surface area is 199 Å². The maximum Gasteiger partial charge on any atom is 0.338 e. The first-order chi connectivity index (χ1) is 16.4. The van der Waals surface area contributed by atoms with Gasteiger partial charge in [0.15, 0.2) is 0 Å². The summed E-state index contributed by atoms with van der Waals surface area (Å²) in [5, 5.41) is 5.00. The fraction of sp³-hybridized carbons (Fsp3) is 0.250. The number of benzene rings is 2. The number of amides is 1. The van der Waals surface area contributed by atoms with Crippen molar-refractivity contribution in [1.29, 1.82) is 0 Å². The summed E-state index contributed by atoms with van der Waals surface area (Å²) in [7, 11) is 0. The van der Waals surface area contributed by atoms with Crippen molar-refractivity contribution in [3.63, 3.8) is 0 Å². The van der Waals surface area contributed by atoms with E-state index < -0.39 is 5.92 Å². The van der Waals surface area contributed by atoms with Crippen molar-refractivity contribution < 1.29 is 14.3 Å². The Hall–Kier alpha value is -3.77. The molecule has 1 aromatic heterocycles. The van der Waals surface area contributed by atoms with E-state index in [0.717, 1.165) is 27.6 Å². The molecule has 0 saturated heterocycles. The molecule has 0 radical (unpaired) electrons. The summed E-state index contributed by atoms with van der Waals surface area (Å²) < 4.78 is 5.57. The maximum atomic E-state index is 13.0. The lowest BCUT2D eigenvalue weighted by Crippen LogP contribution is -2.32. The standard InChI is InChI=1S/C28H29N3O3/c1-19-3-5-21(6-4-19)27(33)34-18-28(2)12-9-20(10-13-28)25(16-29)26(32)31-24-8-7-23-17-30-14-11-22(23)15-24/h3-12,14-15,17,25H,13,16,18,29H2,1-2H3,(H,31,32). The minimum absolute atomic E-state index is 0.152. The summed E-state index contributed by atoms with van der Waals surface area (Å²) in [6, 6.07) is 14.9. The van der Waals surface area contributed by atoms with E-state index in [0.29, 0.717) is 12.0 Å². The minimum atomic E-state index is -0.468. The highest BCUT2D eigenvalue weighted by Gasteiger charge is 2.29. The minimum Gasteiger partial charge on any atom is -0.461 e. The van der Waals surface area contributed by atoms with Gasteiger partial charge in [0, 0.05) is 35.4 Å². The van der Waals surface area contributed by atoms with Crippen molar-refractivity contribution >= 4 is 28.3 Å².